The van der Waals surface area contributed by atoms with Crippen LogP contribution in [0, 0.1) is 5.82 Å². The molecule has 0 aromatic heterocycles. The first kappa shape index (κ1) is 12.5. The summed E-state index contributed by atoms with van der Waals surface area (Å²) in [5.41, 5.74) is 2.33. The van der Waals surface area contributed by atoms with Gasteiger partial charge in [0.15, 0.2) is 0 Å². The highest BCUT2D eigenvalue weighted by molar-refractivity contribution is 5.29. The van der Waals surface area contributed by atoms with Gasteiger partial charge in [0.2, 0.25) is 0 Å². The molecule has 0 saturated heterocycles. The van der Waals surface area contributed by atoms with Gasteiger partial charge in [0.25, 0.3) is 0 Å². The fourth-order valence-electron chi connectivity index (χ4n) is 2.14. The van der Waals surface area contributed by atoms with E-state index in [-0.39, 0.29) is 12.4 Å². The van der Waals surface area contributed by atoms with Gasteiger partial charge in [0, 0.05) is 19.6 Å². The number of fused-ring (bicyclic) bond motifs is 1. The first-order valence-corrected chi connectivity index (χ1v) is 5.98. The monoisotopic (exact) mass is 239 g/mol. The lowest BCUT2D eigenvalue weighted by Crippen LogP contribution is -2.33. The highest BCUT2D eigenvalue weighted by Gasteiger charge is 2.16. The molecular weight excluding hydrogens is 221 g/mol. The smallest absolute Gasteiger partial charge is 0.123 e. The average Bonchev–Trinajstić information content (AvgIpc) is 2.34. The number of hydrogen-bond acceptors (Lipinski definition) is 3. The van der Waals surface area contributed by atoms with Crippen LogP contribution in [0.3, 0.4) is 0 Å². The van der Waals surface area contributed by atoms with Crippen LogP contribution in [0.1, 0.15) is 11.1 Å². The lowest BCUT2D eigenvalue weighted by Gasteiger charge is -2.28. The highest BCUT2D eigenvalue weighted by atomic mass is 19.1. The van der Waals surface area contributed by atoms with Crippen LogP contribution in [0.15, 0.2) is 18.2 Å². The van der Waals surface area contributed by atoms with Gasteiger partial charge in [-0.2, -0.15) is 0 Å². The molecule has 1 heterocycles. The molecule has 1 aromatic carbocycles. The van der Waals surface area contributed by atoms with Gasteiger partial charge >= 0.3 is 0 Å². The molecule has 17 heavy (non-hydrogen) atoms. The normalized spacial score (nSPS) is 15.9. The molecule has 1 aliphatic rings. The lowest BCUT2D eigenvalue weighted by atomic mass is 10.00. The van der Waals surface area contributed by atoms with E-state index in [1.165, 1.54) is 11.6 Å². The van der Waals surface area contributed by atoms with Crippen molar-refractivity contribution in [3.63, 3.8) is 0 Å². The van der Waals surface area contributed by atoms with E-state index in [0.717, 1.165) is 31.6 Å². The molecular formula is C13H18FNO2. The minimum absolute atomic E-state index is 0.0635. The number of aliphatic hydroxyl groups excluding tert-OH is 1. The summed E-state index contributed by atoms with van der Waals surface area (Å²) >= 11 is 0. The van der Waals surface area contributed by atoms with Gasteiger partial charge in [-0.3, -0.25) is 4.90 Å². The number of benzene rings is 1. The van der Waals surface area contributed by atoms with E-state index >= 15 is 0 Å². The van der Waals surface area contributed by atoms with E-state index in [1.54, 1.807) is 6.07 Å². The van der Waals surface area contributed by atoms with Gasteiger partial charge in [-0.15, -0.1) is 0 Å². The number of rotatable bonds is 5. The fraction of sp³-hybridized carbons (Fsp3) is 0.538. The molecule has 1 aliphatic heterocycles. The van der Waals surface area contributed by atoms with Crippen molar-refractivity contribution in [3.05, 3.63) is 35.1 Å². The Bertz CT molecular complexity index is 370. The second-order valence-electron chi connectivity index (χ2n) is 4.28. The molecule has 3 nitrogen and oxygen atoms in total. The molecule has 0 radical (unpaired) electrons. The minimum atomic E-state index is -0.165. The van der Waals surface area contributed by atoms with Crippen LogP contribution < -0.4 is 0 Å². The Morgan fingerprint density at radius 3 is 3.00 bits per heavy atom. The molecule has 0 fully saturated rings. The zero-order valence-corrected chi connectivity index (χ0v) is 9.86. The van der Waals surface area contributed by atoms with Crippen LogP contribution in [0.2, 0.25) is 0 Å². The van der Waals surface area contributed by atoms with Gasteiger partial charge in [-0.05, 0) is 29.7 Å². The van der Waals surface area contributed by atoms with Crippen LogP contribution in [-0.4, -0.2) is 42.9 Å². The molecule has 94 valence electrons. The van der Waals surface area contributed by atoms with Crippen molar-refractivity contribution in [1.82, 2.24) is 4.90 Å². The van der Waals surface area contributed by atoms with Crippen LogP contribution in [-0.2, 0) is 17.7 Å². The largest absolute Gasteiger partial charge is 0.394 e. The Labute approximate surface area is 101 Å². The van der Waals surface area contributed by atoms with Crippen LogP contribution in [0.25, 0.3) is 0 Å². The van der Waals surface area contributed by atoms with E-state index in [4.69, 9.17) is 9.84 Å². The highest BCUT2D eigenvalue weighted by Crippen LogP contribution is 2.19. The summed E-state index contributed by atoms with van der Waals surface area (Å²) in [6.07, 6.45) is 0.968. The van der Waals surface area contributed by atoms with E-state index < -0.39 is 0 Å². The molecule has 0 unspecified atom stereocenters. The quantitative estimate of drug-likeness (QED) is 0.784. The first-order chi connectivity index (χ1) is 8.29. The van der Waals surface area contributed by atoms with E-state index in [1.807, 2.05) is 6.07 Å². The van der Waals surface area contributed by atoms with Gasteiger partial charge in [0.1, 0.15) is 5.82 Å². The van der Waals surface area contributed by atoms with Crippen LogP contribution >= 0.6 is 0 Å². The molecule has 4 heteroatoms. The molecule has 0 bridgehead atoms. The molecule has 0 atom stereocenters. The molecule has 0 amide bonds. The van der Waals surface area contributed by atoms with Crippen molar-refractivity contribution in [2.24, 2.45) is 0 Å². The Hall–Kier alpha value is -0.970. The number of nitrogens with zero attached hydrogens (tertiary/aromatic N) is 1. The Kier molecular flexibility index (Phi) is 4.48. The molecule has 2 rings (SSSR count). The van der Waals surface area contributed by atoms with E-state index in [2.05, 4.69) is 4.90 Å². The topological polar surface area (TPSA) is 32.7 Å². The van der Waals surface area contributed by atoms with Gasteiger partial charge < -0.3 is 9.84 Å². The second-order valence-corrected chi connectivity index (χ2v) is 4.28. The third kappa shape index (κ3) is 3.49. The summed E-state index contributed by atoms with van der Waals surface area (Å²) in [4.78, 5) is 2.25. The summed E-state index contributed by atoms with van der Waals surface area (Å²) in [5.74, 6) is -0.165. The maximum absolute atomic E-state index is 13.1. The summed E-state index contributed by atoms with van der Waals surface area (Å²) in [6, 6.07) is 5.03. The number of halogens is 1. The summed E-state index contributed by atoms with van der Waals surface area (Å²) in [7, 11) is 0. The van der Waals surface area contributed by atoms with Crippen molar-refractivity contribution >= 4 is 0 Å². The maximum atomic E-state index is 13.1. The van der Waals surface area contributed by atoms with E-state index in [9.17, 15) is 4.39 Å². The zero-order valence-electron chi connectivity index (χ0n) is 9.86. The summed E-state index contributed by atoms with van der Waals surface area (Å²) in [6.45, 7) is 3.67. The summed E-state index contributed by atoms with van der Waals surface area (Å²) in [5, 5.41) is 8.58. The maximum Gasteiger partial charge on any atom is 0.123 e. The number of aliphatic hydroxyl groups is 1. The Morgan fingerprint density at radius 1 is 1.29 bits per heavy atom. The molecule has 1 N–H and O–H groups in total. The molecule has 1 aromatic rings. The Balaban J connectivity index is 1.85. The van der Waals surface area contributed by atoms with E-state index in [0.29, 0.717) is 13.2 Å². The van der Waals surface area contributed by atoms with Gasteiger partial charge in [0.05, 0.1) is 19.8 Å². The lowest BCUT2D eigenvalue weighted by molar-refractivity contribution is 0.0708. The fourth-order valence-corrected chi connectivity index (χ4v) is 2.14. The molecule has 0 aliphatic carbocycles. The van der Waals surface area contributed by atoms with Crippen molar-refractivity contribution in [2.75, 3.05) is 32.9 Å². The minimum Gasteiger partial charge on any atom is -0.394 e. The molecule has 0 spiro atoms. The number of ether oxygens (including phenoxy) is 1. The third-order valence-corrected chi connectivity index (χ3v) is 3.05. The molecule has 0 saturated carbocycles. The van der Waals surface area contributed by atoms with Crippen LogP contribution in [0.4, 0.5) is 4.39 Å². The van der Waals surface area contributed by atoms with Crippen molar-refractivity contribution < 1.29 is 14.2 Å². The predicted molar refractivity (Wildman–Crippen MR) is 63.3 cm³/mol. The predicted octanol–water partition coefficient (Wildman–Crippen LogP) is 1.19. The zero-order chi connectivity index (χ0) is 12.1. The SMILES string of the molecule is OCCOCCN1CCc2ccc(F)cc2C1. The van der Waals surface area contributed by atoms with Crippen molar-refractivity contribution in [3.8, 4) is 0 Å². The summed E-state index contributed by atoms with van der Waals surface area (Å²) < 4.78 is 18.3. The first-order valence-electron chi connectivity index (χ1n) is 5.98. The second kappa shape index (κ2) is 6.10. The number of hydrogen-bond donors (Lipinski definition) is 1. The van der Waals surface area contributed by atoms with Gasteiger partial charge in [-0.25, -0.2) is 4.39 Å². The average molecular weight is 239 g/mol. The van der Waals surface area contributed by atoms with Crippen LogP contribution in [0.5, 0.6) is 0 Å². The Morgan fingerprint density at radius 2 is 2.18 bits per heavy atom. The third-order valence-electron chi connectivity index (χ3n) is 3.05. The van der Waals surface area contributed by atoms with Crippen molar-refractivity contribution in [2.45, 2.75) is 13.0 Å². The van der Waals surface area contributed by atoms with Crippen molar-refractivity contribution in [1.29, 1.82) is 0 Å². The van der Waals surface area contributed by atoms with Gasteiger partial charge in [-0.1, -0.05) is 6.07 Å². The standard InChI is InChI=1S/C13H18FNO2/c14-13-2-1-11-3-4-15(10-12(11)9-13)5-7-17-8-6-16/h1-2,9,16H,3-8,10H2.